The molecule has 3 heteroatoms. The SMILES string of the molecule is COc1c(C)ccc(Br)c1OC. The maximum Gasteiger partial charge on any atom is 0.175 e. The van der Waals surface area contributed by atoms with Crippen molar-refractivity contribution in [2.24, 2.45) is 0 Å². The second kappa shape index (κ2) is 3.81. The van der Waals surface area contributed by atoms with Gasteiger partial charge in [0.05, 0.1) is 18.7 Å². The molecule has 0 spiro atoms. The monoisotopic (exact) mass is 230 g/mol. The molecule has 0 aliphatic carbocycles. The first kappa shape index (κ1) is 9.39. The van der Waals surface area contributed by atoms with Gasteiger partial charge in [-0.25, -0.2) is 0 Å². The lowest BCUT2D eigenvalue weighted by Crippen LogP contribution is -1.93. The van der Waals surface area contributed by atoms with E-state index in [4.69, 9.17) is 9.47 Å². The van der Waals surface area contributed by atoms with Crippen molar-refractivity contribution < 1.29 is 9.47 Å². The first-order valence-electron chi connectivity index (χ1n) is 3.57. The fraction of sp³-hybridized carbons (Fsp3) is 0.333. The van der Waals surface area contributed by atoms with Crippen LogP contribution in [0.15, 0.2) is 16.6 Å². The van der Waals surface area contributed by atoms with E-state index in [0.717, 1.165) is 21.5 Å². The molecule has 0 fully saturated rings. The van der Waals surface area contributed by atoms with Crippen LogP contribution < -0.4 is 9.47 Å². The lowest BCUT2D eigenvalue weighted by Gasteiger charge is -2.11. The molecule has 0 unspecified atom stereocenters. The molecule has 0 aliphatic heterocycles. The Bertz CT molecular complexity index is 255. The van der Waals surface area contributed by atoms with E-state index in [1.165, 1.54) is 0 Å². The van der Waals surface area contributed by atoms with Gasteiger partial charge in [-0.15, -0.1) is 0 Å². The van der Waals surface area contributed by atoms with Crippen molar-refractivity contribution in [2.45, 2.75) is 6.92 Å². The average molecular weight is 231 g/mol. The highest BCUT2D eigenvalue weighted by atomic mass is 79.9. The van der Waals surface area contributed by atoms with E-state index in [9.17, 15) is 0 Å². The summed E-state index contributed by atoms with van der Waals surface area (Å²) in [6, 6.07) is 3.92. The molecule has 0 aromatic heterocycles. The molecule has 1 aromatic carbocycles. The summed E-state index contributed by atoms with van der Waals surface area (Å²) in [5, 5.41) is 0. The first-order valence-corrected chi connectivity index (χ1v) is 4.37. The zero-order chi connectivity index (χ0) is 9.14. The fourth-order valence-corrected chi connectivity index (χ4v) is 1.56. The van der Waals surface area contributed by atoms with Crippen molar-refractivity contribution >= 4 is 15.9 Å². The predicted octanol–water partition coefficient (Wildman–Crippen LogP) is 2.77. The second-order valence-electron chi connectivity index (χ2n) is 2.43. The molecular formula is C9H11BrO2. The summed E-state index contributed by atoms with van der Waals surface area (Å²) >= 11 is 3.38. The minimum absolute atomic E-state index is 0.748. The number of aryl methyl sites for hydroxylation is 1. The van der Waals surface area contributed by atoms with Gasteiger partial charge in [-0.2, -0.15) is 0 Å². The van der Waals surface area contributed by atoms with E-state index in [-0.39, 0.29) is 0 Å². The van der Waals surface area contributed by atoms with Gasteiger partial charge in [-0.3, -0.25) is 0 Å². The Labute approximate surface area is 80.6 Å². The number of ether oxygens (including phenoxy) is 2. The maximum atomic E-state index is 5.19. The first-order chi connectivity index (χ1) is 5.70. The van der Waals surface area contributed by atoms with Gasteiger partial charge in [0.1, 0.15) is 0 Å². The summed E-state index contributed by atoms with van der Waals surface area (Å²) in [5.74, 6) is 1.53. The molecule has 12 heavy (non-hydrogen) atoms. The largest absolute Gasteiger partial charge is 0.493 e. The van der Waals surface area contributed by atoms with E-state index in [1.807, 2.05) is 19.1 Å². The number of benzene rings is 1. The van der Waals surface area contributed by atoms with Gasteiger partial charge in [0.15, 0.2) is 11.5 Å². The maximum absolute atomic E-state index is 5.19. The Hall–Kier alpha value is -0.700. The Balaban J connectivity index is 3.28. The highest BCUT2D eigenvalue weighted by molar-refractivity contribution is 9.10. The van der Waals surface area contributed by atoms with E-state index >= 15 is 0 Å². The van der Waals surface area contributed by atoms with Crippen LogP contribution >= 0.6 is 15.9 Å². The molecule has 0 amide bonds. The lowest BCUT2D eigenvalue weighted by atomic mass is 10.2. The van der Waals surface area contributed by atoms with Crippen LogP contribution in [0.5, 0.6) is 11.5 Å². The quantitative estimate of drug-likeness (QED) is 0.779. The number of halogens is 1. The van der Waals surface area contributed by atoms with Crippen LogP contribution in [-0.2, 0) is 0 Å². The fourth-order valence-electron chi connectivity index (χ4n) is 1.08. The molecule has 0 bridgehead atoms. The average Bonchev–Trinajstić information content (AvgIpc) is 2.08. The topological polar surface area (TPSA) is 18.5 Å². The lowest BCUT2D eigenvalue weighted by molar-refractivity contribution is 0.351. The van der Waals surface area contributed by atoms with Gasteiger partial charge in [0, 0.05) is 0 Å². The summed E-state index contributed by atoms with van der Waals surface area (Å²) < 4.78 is 11.3. The molecule has 1 aromatic rings. The molecule has 0 N–H and O–H groups in total. The Morgan fingerprint density at radius 1 is 1.08 bits per heavy atom. The smallest absolute Gasteiger partial charge is 0.175 e. The summed E-state index contributed by atoms with van der Waals surface area (Å²) in [6.45, 7) is 1.98. The van der Waals surface area contributed by atoms with Crippen LogP contribution in [0, 0.1) is 6.92 Å². The Kier molecular flexibility index (Phi) is 2.98. The molecule has 0 heterocycles. The van der Waals surface area contributed by atoms with Gasteiger partial charge in [0.2, 0.25) is 0 Å². The van der Waals surface area contributed by atoms with E-state index in [2.05, 4.69) is 15.9 Å². The third-order valence-electron chi connectivity index (χ3n) is 1.67. The molecular weight excluding hydrogens is 220 g/mol. The number of hydrogen-bond acceptors (Lipinski definition) is 2. The molecule has 0 atom stereocenters. The van der Waals surface area contributed by atoms with Gasteiger partial charge in [-0.05, 0) is 34.5 Å². The Morgan fingerprint density at radius 2 is 1.67 bits per heavy atom. The number of rotatable bonds is 2. The van der Waals surface area contributed by atoms with Gasteiger partial charge < -0.3 is 9.47 Å². The summed E-state index contributed by atoms with van der Waals surface area (Å²) in [6.07, 6.45) is 0. The Morgan fingerprint density at radius 3 is 2.08 bits per heavy atom. The second-order valence-corrected chi connectivity index (χ2v) is 3.29. The van der Waals surface area contributed by atoms with Gasteiger partial charge >= 0.3 is 0 Å². The molecule has 0 radical (unpaired) electrons. The highest BCUT2D eigenvalue weighted by Gasteiger charge is 2.09. The van der Waals surface area contributed by atoms with E-state index in [0.29, 0.717) is 0 Å². The van der Waals surface area contributed by atoms with Crippen molar-refractivity contribution in [1.82, 2.24) is 0 Å². The van der Waals surface area contributed by atoms with Crippen LogP contribution in [0.25, 0.3) is 0 Å². The molecule has 0 saturated carbocycles. The summed E-state index contributed by atoms with van der Waals surface area (Å²) in [4.78, 5) is 0. The van der Waals surface area contributed by atoms with Crippen LogP contribution in [0.3, 0.4) is 0 Å². The number of hydrogen-bond donors (Lipinski definition) is 0. The summed E-state index contributed by atoms with van der Waals surface area (Å²) in [5.41, 5.74) is 1.07. The molecule has 1 rings (SSSR count). The standard InChI is InChI=1S/C9H11BrO2/c1-6-4-5-7(10)9(12-3)8(6)11-2/h4-5H,1-3H3. The predicted molar refractivity (Wildman–Crippen MR) is 52.0 cm³/mol. The van der Waals surface area contributed by atoms with Crippen molar-refractivity contribution in [2.75, 3.05) is 14.2 Å². The minimum Gasteiger partial charge on any atom is -0.493 e. The molecule has 0 saturated heterocycles. The van der Waals surface area contributed by atoms with E-state index in [1.54, 1.807) is 14.2 Å². The van der Waals surface area contributed by atoms with E-state index < -0.39 is 0 Å². The number of methoxy groups -OCH3 is 2. The van der Waals surface area contributed by atoms with Crippen LogP contribution in [0.4, 0.5) is 0 Å². The molecule has 0 aliphatic rings. The van der Waals surface area contributed by atoms with Crippen molar-refractivity contribution in [3.63, 3.8) is 0 Å². The van der Waals surface area contributed by atoms with Crippen molar-refractivity contribution in [3.05, 3.63) is 22.2 Å². The molecule has 2 nitrogen and oxygen atoms in total. The third kappa shape index (κ3) is 1.55. The third-order valence-corrected chi connectivity index (χ3v) is 2.29. The zero-order valence-electron chi connectivity index (χ0n) is 7.35. The normalized spacial score (nSPS) is 9.67. The van der Waals surface area contributed by atoms with Crippen molar-refractivity contribution in [3.8, 4) is 11.5 Å². The van der Waals surface area contributed by atoms with Crippen LogP contribution in [0.2, 0.25) is 0 Å². The van der Waals surface area contributed by atoms with Crippen LogP contribution in [0.1, 0.15) is 5.56 Å². The van der Waals surface area contributed by atoms with Crippen molar-refractivity contribution in [1.29, 1.82) is 0 Å². The van der Waals surface area contributed by atoms with Gasteiger partial charge in [-0.1, -0.05) is 6.07 Å². The highest BCUT2D eigenvalue weighted by Crippen LogP contribution is 2.37. The van der Waals surface area contributed by atoms with Gasteiger partial charge in [0.25, 0.3) is 0 Å². The molecule has 66 valence electrons. The van der Waals surface area contributed by atoms with Crippen LogP contribution in [-0.4, -0.2) is 14.2 Å². The minimum atomic E-state index is 0.748. The zero-order valence-corrected chi connectivity index (χ0v) is 8.94. The summed E-state index contributed by atoms with van der Waals surface area (Å²) in [7, 11) is 3.26.